The van der Waals surface area contributed by atoms with Gasteiger partial charge >= 0.3 is 0 Å². The summed E-state index contributed by atoms with van der Waals surface area (Å²) in [6, 6.07) is 4.60. The van der Waals surface area contributed by atoms with Gasteiger partial charge in [-0.15, -0.1) is 0 Å². The summed E-state index contributed by atoms with van der Waals surface area (Å²) in [5.41, 5.74) is 6.04. The van der Waals surface area contributed by atoms with Crippen molar-refractivity contribution in [3.8, 4) is 0 Å². The fraction of sp³-hybridized carbons (Fsp3) is 0.538. The number of nitrogens with one attached hydrogen (secondary N) is 1. The third-order valence-corrected chi connectivity index (χ3v) is 4.99. The van der Waals surface area contributed by atoms with Crippen molar-refractivity contribution in [2.75, 3.05) is 26.4 Å². The van der Waals surface area contributed by atoms with Gasteiger partial charge in [-0.3, -0.25) is 0 Å². The van der Waals surface area contributed by atoms with Crippen molar-refractivity contribution in [3.05, 3.63) is 22.7 Å². The van der Waals surface area contributed by atoms with Crippen LogP contribution in [0.4, 0.5) is 5.69 Å². The van der Waals surface area contributed by atoms with Crippen LogP contribution in [0.3, 0.4) is 0 Å². The molecule has 0 bridgehead atoms. The van der Waals surface area contributed by atoms with Crippen LogP contribution < -0.4 is 10.5 Å². The number of rotatable bonds is 6. The van der Waals surface area contributed by atoms with Crippen molar-refractivity contribution in [2.45, 2.75) is 24.8 Å². The summed E-state index contributed by atoms with van der Waals surface area (Å²) < 4.78 is 28.4. The average molecular weight is 364 g/mol. The first kappa shape index (κ1) is 17.4. The van der Waals surface area contributed by atoms with Crippen molar-refractivity contribution in [3.63, 3.8) is 0 Å². The van der Waals surface area contributed by atoms with E-state index in [4.69, 9.17) is 5.73 Å². The van der Waals surface area contributed by atoms with Crippen molar-refractivity contribution in [1.82, 2.24) is 9.62 Å². The molecule has 0 heterocycles. The van der Waals surface area contributed by atoms with Crippen molar-refractivity contribution in [2.24, 2.45) is 5.92 Å². The van der Waals surface area contributed by atoms with Crippen LogP contribution in [0.25, 0.3) is 0 Å². The van der Waals surface area contributed by atoms with Gasteiger partial charge < -0.3 is 10.6 Å². The molecular weight excluding hydrogens is 342 g/mol. The zero-order valence-corrected chi connectivity index (χ0v) is 14.6. The molecule has 1 rings (SSSR count). The third-order valence-electron chi connectivity index (χ3n) is 2.93. The van der Waals surface area contributed by atoms with E-state index in [2.05, 4.69) is 20.7 Å². The minimum absolute atomic E-state index is 0.116. The lowest BCUT2D eigenvalue weighted by atomic mass is 10.1. The fourth-order valence-electron chi connectivity index (χ4n) is 1.80. The number of nitrogens with two attached hydrogens (primary N) is 1. The molecule has 114 valence electrons. The maximum Gasteiger partial charge on any atom is 0.242 e. The largest absolute Gasteiger partial charge is 0.398 e. The van der Waals surface area contributed by atoms with E-state index < -0.39 is 10.0 Å². The molecule has 1 atom stereocenters. The van der Waals surface area contributed by atoms with Gasteiger partial charge in [0.1, 0.15) is 4.90 Å². The summed E-state index contributed by atoms with van der Waals surface area (Å²) in [6.07, 6.45) is 0. The number of hydrogen-bond acceptors (Lipinski definition) is 4. The van der Waals surface area contributed by atoms with E-state index in [-0.39, 0.29) is 22.5 Å². The Labute approximate surface area is 129 Å². The number of hydrogen-bond donors (Lipinski definition) is 2. The molecule has 0 fully saturated rings. The van der Waals surface area contributed by atoms with E-state index in [0.717, 1.165) is 4.47 Å². The lowest BCUT2D eigenvalue weighted by Gasteiger charge is -2.25. The Morgan fingerprint density at radius 2 is 1.95 bits per heavy atom. The predicted molar refractivity (Wildman–Crippen MR) is 86.1 cm³/mol. The summed E-state index contributed by atoms with van der Waals surface area (Å²) in [5, 5.41) is 0. The molecule has 5 nitrogen and oxygen atoms in total. The van der Waals surface area contributed by atoms with Crippen molar-refractivity contribution in [1.29, 1.82) is 0 Å². The molecule has 0 aliphatic rings. The number of nitrogens with zero attached hydrogens (tertiary/aromatic N) is 1. The van der Waals surface area contributed by atoms with Gasteiger partial charge in [-0.05, 0) is 38.2 Å². The zero-order valence-electron chi connectivity index (χ0n) is 12.2. The standard InChI is InChI=1S/C13H22BrN3O2S/c1-9(2)12(8-17(3)4)16-20(18,19)13-6-5-10(14)7-11(13)15/h5-7,9,12,16H,8,15H2,1-4H3. The maximum atomic E-state index is 12.4. The van der Waals surface area contributed by atoms with E-state index >= 15 is 0 Å². The molecular formula is C13H22BrN3O2S. The van der Waals surface area contributed by atoms with Crippen LogP contribution in [0.1, 0.15) is 13.8 Å². The molecule has 0 amide bonds. The van der Waals surface area contributed by atoms with Crippen LogP contribution in [0.15, 0.2) is 27.6 Å². The summed E-state index contributed by atoms with van der Waals surface area (Å²) >= 11 is 3.27. The number of nitrogen functional groups attached to an aromatic ring is 1. The van der Waals surface area contributed by atoms with Gasteiger partial charge in [0.15, 0.2) is 0 Å². The maximum absolute atomic E-state index is 12.4. The lowest BCUT2D eigenvalue weighted by molar-refractivity contribution is 0.314. The van der Waals surface area contributed by atoms with E-state index in [0.29, 0.717) is 6.54 Å². The summed E-state index contributed by atoms with van der Waals surface area (Å²) in [4.78, 5) is 2.07. The van der Waals surface area contributed by atoms with Crippen molar-refractivity contribution < 1.29 is 8.42 Å². The highest BCUT2D eigenvalue weighted by Gasteiger charge is 2.24. The number of likely N-dealkylation sites (N-methyl/N-ethyl adjacent to an activating group) is 1. The quantitative estimate of drug-likeness (QED) is 0.756. The van der Waals surface area contributed by atoms with E-state index in [1.54, 1.807) is 12.1 Å². The molecule has 1 aromatic carbocycles. The summed E-state index contributed by atoms with van der Waals surface area (Å²) in [6.45, 7) is 4.61. The lowest BCUT2D eigenvalue weighted by Crippen LogP contribution is -2.45. The van der Waals surface area contributed by atoms with E-state index in [9.17, 15) is 8.42 Å². The normalized spacial score (nSPS) is 13.9. The van der Waals surface area contributed by atoms with Gasteiger partial charge in [0.05, 0.1) is 5.69 Å². The number of halogens is 1. The zero-order chi connectivity index (χ0) is 15.5. The van der Waals surface area contributed by atoms with Gasteiger partial charge in [-0.25, -0.2) is 13.1 Å². The first-order valence-corrected chi connectivity index (χ1v) is 8.63. The number of sulfonamides is 1. The second-order valence-electron chi connectivity index (χ2n) is 5.42. The van der Waals surface area contributed by atoms with Gasteiger partial charge in [-0.2, -0.15) is 0 Å². The first-order valence-electron chi connectivity index (χ1n) is 6.35. The molecule has 0 saturated heterocycles. The Hall–Kier alpha value is -0.630. The van der Waals surface area contributed by atoms with Gasteiger partial charge in [0.25, 0.3) is 0 Å². The minimum atomic E-state index is -3.62. The topological polar surface area (TPSA) is 75.4 Å². The van der Waals surface area contributed by atoms with Crippen LogP contribution in [-0.4, -0.2) is 40.0 Å². The monoisotopic (exact) mass is 363 g/mol. The van der Waals surface area contributed by atoms with Crippen LogP contribution >= 0.6 is 15.9 Å². The molecule has 0 spiro atoms. The van der Waals surface area contributed by atoms with Crippen LogP contribution in [-0.2, 0) is 10.0 Å². The highest BCUT2D eigenvalue weighted by Crippen LogP contribution is 2.23. The van der Waals surface area contributed by atoms with Crippen LogP contribution in [0.2, 0.25) is 0 Å². The Bertz CT molecular complexity index is 559. The first-order chi connectivity index (χ1) is 9.13. The van der Waals surface area contributed by atoms with E-state index in [1.165, 1.54) is 6.07 Å². The Morgan fingerprint density at radius 3 is 2.40 bits per heavy atom. The fourth-order valence-corrected chi connectivity index (χ4v) is 3.67. The van der Waals surface area contributed by atoms with Gasteiger partial charge in [0.2, 0.25) is 10.0 Å². The molecule has 20 heavy (non-hydrogen) atoms. The molecule has 0 radical (unpaired) electrons. The van der Waals surface area contributed by atoms with Gasteiger partial charge in [-0.1, -0.05) is 29.8 Å². The van der Waals surface area contributed by atoms with Crippen LogP contribution in [0, 0.1) is 5.92 Å². The smallest absolute Gasteiger partial charge is 0.242 e. The SMILES string of the molecule is CC(C)C(CN(C)C)NS(=O)(=O)c1ccc(Br)cc1N. The molecule has 7 heteroatoms. The van der Waals surface area contributed by atoms with Crippen molar-refractivity contribution >= 4 is 31.6 Å². The number of benzene rings is 1. The highest BCUT2D eigenvalue weighted by molar-refractivity contribution is 9.10. The average Bonchev–Trinajstić information content (AvgIpc) is 2.26. The minimum Gasteiger partial charge on any atom is -0.398 e. The molecule has 1 unspecified atom stereocenters. The summed E-state index contributed by atoms with van der Waals surface area (Å²) in [5.74, 6) is 0.184. The Morgan fingerprint density at radius 1 is 1.35 bits per heavy atom. The molecule has 0 aliphatic heterocycles. The Kier molecular flexibility index (Phi) is 6.00. The molecule has 0 saturated carbocycles. The highest BCUT2D eigenvalue weighted by atomic mass is 79.9. The second kappa shape index (κ2) is 6.89. The van der Waals surface area contributed by atoms with E-state index in [1.807, 2.05) is 32.8 Å². The Balaban J connectivity index is 3.03. The molecule has 0 aliphatic carbocycles. The third kappa shape index (κ3) is 4.73. The predicted octanol–water partition coefficient (Wildman–Crippen LogP) is 1.90. The second-order valence-corrected chi connectivity index (χ2v) is 8.01. The molecule has 0 aromatic heterocycles. The molecule has 1 aromatic rings. The summed E-state index contributed by atoms with van der Waals surface area (Å²) in [7, 11) is 0.209. The van der Waals surface area contributed by atoms with Gasteiger partial charge in [0, 0.05) is 17.1 Å². The molecule has 3 N–H and O–H groups in total. The van der Waals surface area contributed by atoms with Crippen LogP contribution in [0.5, 0.6) is 0 Å². The number of anilines is 1.